The third kappa shape index (κ3) is 2.13. The Morgan fingerprint density at radius 1 is 1.35 bits per heavy atom. The minimum atomic E-state index is -0.495. The van der Waals surface area contributed by atoms with Crippen molar-refractivity contribution in [2.45, 2.75) is 19.4 Å². The van der Waals surface area contributed by atoms with Crippen LogP contribution in [-0.4, -0.2) is 24.0 Å². The van der Waals surface area contributed by atoms with E-state index < -0.39 is 6.10 Å². The Bertz CT molecular complexity index is 652. The van der Waals surface area contributed by atoms with Gasteiger partial charge in [0.05, 0.1) is 12.7 Å². The summed E-state index contributed by atoms with van der Waals surface area (Å²) in [5.74, 6) is 1.33. The van der Waals surface area contributed by atoms with Crippen LogP contribution in [0.1, 0.15) is 21.6 Å². The SMILES string of the molecule is COc1cc(C)c2c(c1)OC(Cc1ccccn1)C2=O. The molecule has 0 saturated heterocycles. The first-order valence-corrected chi connectivity index (χ1v) is 6.48. The van der Waals surface area contributed by atoms with E-state index in [9.17, 15) is 4.79 Å². The van der Waals surface area contributed by atoms with Crippen molar-refractivity contribution in [3.63, 3.8) is 0 Å². The highest BCUT2D eigenvalue weighted by atomic mass is 16.5. The van der Waals surface area contributed by atoms with Gasteiger partial charge in [0.15, 0.2) is 6.10 Å². The number of aryl methyl sites for hydroxylation is 1. The van der Waals surface area contributed by atoms with Crippen molar-refractivity contribution in [3.8, 4) is 11.5 Å². The highest BCUT2D eigenvalue weighted by molar-refractivity contribution is 6.06. The molecule has 2 heterocycles. The van der Waals surface area contributed by atoms with E-state index in [1.165, 1.54) is 0 Å². The van der Waals surface area contributed by atoms with Crippen LogP contribution in [0.15, 0.2) is 36.5 Å². The van der Waals surface area contributed by atoms with Crippen molar-refractivity contribution in [1.82, 2.24) is 4.98 Å². The Balaban J connectivity index is 1.89. The number of methoxy groups -OCH3 is 1. The van der Waals surface area contributed by atoms with E-state index in [0.717, 1.165) is 11.3 Å². The fourth-order valence-corrected chi connectivity index (χ4v) is 2.46. The second-order valence-corrected chi connectivity index (χ2v) is 4.81. The largest absolute Gasteiger partial charge is 0.497 e. The third-order valence-corrected chi connectivity index (χ3v) is 3.44. The fraction of sp³-hybridized carbons (Fsp3) is 0.250. The molecular formula is C16H15NO3. The van der Waals surface area contributed by atoms with Crippen molar-refractivity contribution in [2.75, 3.05) is 7.11 Å². The first kappa shape index (κ1) is 12.7. The summed E-state index contributed by atoms with van der Waals surface area (Å²) in [7, 11) is 1.60. The molecular weight excluding hydrogens is 254 g/mol. The molecule has 0 bridgehead atoms. The van der Waals surface area contributed by atoms with Crippen molar-refractivity contribution in [1.29, 1.82) is 0 Å². The molecule has 20 heavy (non-hydrogen) atoms. The minimum absolute atomic E-state index is 0.0193. The lowest BCUT2D eigenvalue weighted by Gasteiger charge is -2.08. The average molecular weight is 269 g/mol. The number of hydrogen-bond donors (Lipinski definition) is 0. The van der Waals surface area contributed by atoms with Crippen molar-refractivity contribution >= 4 is 5.78 Å². The van der Waals surface area contributed by atoms with Gasteiger partial charge in [-0.05, 0) is 30.7 Å². The summed E-state index contributed by atoms with van der Waals surface area (Å²) < 4.78 is 11.0. The van der Waals surface area contributed by atoms with Crippen LogP contribution in [0.5, 0.6) is 11.5 Å². The summed E-state index contributed by atoms with van der Waals surface area (Å²) in [6, 6.07) is 9.27. The number of Topliss-reactive ketones (excluding diaryl/α,β-unsaturated/α-hetero) is 1. The lowest BCUT2D eigenvalue weighted by molar-refractivity contribution is 0.0856. The summed E-state index contributed by atoms with van der Waals surface area (Å²) in [6.45, 7) is 1.89. The van der Waals surface area contributed by atoms with Gasteiger partial charge in [0.2, 0.25) is 5.78 Å². The van der Waals surface area contributed by atoms with Gasteiger partial charge in [-0.2, -0.15) is 0 Å². The lowest BCUT2D eigenvalue weighted by atomic mass is 10.0. The Morgan fingerprint density at radius 2 is 2.20 bits per heavy atom. The van der Waals surface area contributed by atoms with E-state index >= 15 is 0 Å². The molecule has 1 aromatic carbocycles. The zero-order valence-corrected chi connectivity index (χ0v) is 11.4. The van der Waals surface area contributed by atoms with Crippen LogP contribution in [0, 0.1) is 6.92 Å². The van der Waals surface area contributed by atoms with E-state index in [2.05, 4.69) is 4.98 Å². The number of pyridine rings is 1. The van der Waals surface area contributed by atoms with Crippen LogP contribution in [0.2, 0.25) is 0 Å². The molecule has 1 aliphatic heterocycles. The molecule has 3 rings (SSSR count). The average Bonchev–Trinajstić information content (AvgIpc) is 2.76. The molecule has 102 valence electrons. The minimum Gasteiger partial charge on any atom is -0.497 e. The standard InChI is InChI=1S/C16H15NO3/c1-10-7-12(19-2)9-13-15(10)16(18)14(20-13)8-11-5-3-4-6-17-11/h3-7,9,14H,8H2,1-2H3. The zero-order valence-electron chi connectivity index (χ0n) is 11.4. The molecule has 1 aliphatic rings. The Hall–Kier alpha value is -2.36. The monoisotopic (exact) mass is 269 g/mol. The Kier molecular flexibility index (Phi) is 3.14. The fourth-order valence-electron chi connectivity index (χ4n) is 2.46. The molecule has 0 radical (unpaired) electrons. The molecule has 0 aliphatic carbocycles. The van der Waals surface area contributed by atoms with E-state index in [1.807, 2.05) is 31.2 Å². The number of carbonyl (C=O) groups is 1. The van der Waals surface area contributed by atoms with Gasteiger partial charge in [0.25, 0.3) is 0 Å². The molecule has 0 fully saturated rings. The molecule has 0 amide bonds. The van der Waals surface area contributed by atoms with E-state index in [1.54, 1.807) is 19.4 Å². The van der Waals surface area contributed by atoms with Crippen LogP contribution in [0.4, 0.5) is 0 Å². The van der Waals surface area contributed by atoms with Gasteiger partial charge >= 0.3 is 0 Å². The van der Waals surface area contributed by atoms with Crippen LogP contribution in [-0.2, 0) is 6.42 Å². The summed E-state index contributed by atoms with van der Waals surface area (Å²) in [5, 5.41) is 0. The number of ketones is 1. The maximum Gasteiger partial charge on any atom is 0.207 e. The molecule has 1 aromatic heterocycles. The first-order valence-electron chi connectivity index (χ1n) is 6.48. The van der Waals surface area contributed by atoms with E-state index in [-0.39, 0.29) is 5.78 Å². The number of ether oxygens (including phenoxy) is 2. The van der Waals surface area contributed by atoms with Crippen LogP contribution >= 0.6 is 0 Å². The molecule has 4 heteroatoms. The van der Waals surface area contributed by atoms with E-state index in [0.29, 0.717) is 23.5 Å². The number of fused-ring (bicyclic) bond motifs is 1. The normalized spacial score (nSPS) is 16.7. The number of benzene rings is 1. The predicted octanol–water partition coefficient (Wildman–Crippen LogP) is 2.59. The van der Waals surface area contributed by atoms with Crippen LogP contribution in [0.3, 0.4) is 0 Å². The van der Waals surface area contributed by atoms with Crippen molar-refractivity contribution < 1.29 is 14.3 Å². The van der Waals surface area contributed by atoms with Gasteiger partial charge < -0.3 is 9.47 Å². The van der Waals surface area contributed by atoms with Gasteiger partial charge in [-0.3, -0.25) is 9.78 Å². The van der Waals surface area contributed by atoms with Gasteiger partial charge in [0, 0.05) is 24.4 Å². The highest BCUT2D eigenvalue weighted by Gasteiger charge is 2.34. The quantitative estimate of drug-likeness (QED) is 0.859. The van der Waals surface area contributed by atoms with Gasteiger partial charge in [0.1, 0.15) is 11.5 Å². The molecule has 0 N–H and O–H groups in total. The van der Waals surface area contributed by atoms with Crippen molar-refractivity contribution in [2.24, 2.45) is 0 Å². The molecule has 0 spiro atoms. The predicted molar refractivity (Wildman–Crippen MR) is 74.4 cm³/mol. The second kappa shape index (κ2) is 4.96. The molecule has 4 nitrogen and oxygen atoms in total. The van der Waals surface area contributed by atoms with Gasteiger partial charge in [-0.25, -0.2) is 0 Å². The van der Waals surface area contributed by atoms with Crippen molar-refractivity contribution in [3.05, 3.63) is 53.3 Å². The Morgan fingerprint density at radius 3 is 2.90 bits per heavy atom. The maximum absolute atomic E-state index is 12.4. The summed E-state index contributed by atoms with van der Waals surface area (Å²) in [5.41, 5.74) is 2.39. The molecule has 1 unspecified atom stereocenters. The topological polar surface area (TPSA) is 48.4 Å². The summed E-state index contributed by atoms with van der Waals surface area (Å²) >= 11 is 0. The summed E-state index contributed by atoms with van der Waals surface area (Å²) in [6.07, 6.45) is 1.71. The number of aromatic nitrogens is 1. The highest BCUT2D eigenvalue weighted by Crippen LogP contribution is 2.36. The van der Waals surface area contributed by atoms with E-state index in [4.69, 9.17) is 9.47 Å². The lowest BCUT2D eigenvalue weighted by Crippen LogP contribution is -2.23. The smallest absolute Gasteiger partial charge is 0.207 e. The van der Waals surface area contributed by atoms with Gasteiger partial charge in [-0.1, -0.05) is 6.07 Å². The second-order valence-electron chi connectivity index (χ2n) is 4.81. The number of hydrogen-bond acceptors (Lipinski definition) is 4. The number of nitrogens with zero attached hydrogens (tertiary/aromatic N) is 1. The molecule has 2 aromatic rings. The van der Waals surface area contributed by atoms with Crippen LogP contribution < -0.4 is 9.47 Å². The maximum atomic E-state index is 12.4. The van der Waals surface area contributed by atoms with Crippen LogP contribution in [0.25, 0.3) is 0 Å². The zero-order chi connectivity index (χ0) is 14.1. The molecule has 1 atom stereocenters. The van der Waals surface area contributed by atoms with Gasteiger partial charge in [-0.15, -0.1) is 0 Å². The number of rotatable bonds is 3. The summed E-state index contributed by atoms with van der Waals surface area (Å²) in [4.78, 5) is 16.7. The number of carbonyl (C=O) groups excluding carboxylic acids is 1. The third-order valence-electron chi connectivity index (χ3n) is 3.44. The Labute approximate surface area is 117 Å². The first-order chi connectivity index (χ1) is 9.69. The molecule has 0 saturated carbocycles.